The summed E-state index contributed by atoms with van der Waals surface area (Å²) in [5.74, 6) is 3.27. The fourth-order valence-electron chi connectivity index (χ4n) is 3.91. The van der Waals surface area contributed by atoms with Crippen LogP contribution in [0.15, 0.2) is 41.1 Å². The van der Waals surface area contributed by atoms with Gasteiger partial charge in [0.25, 0.3) is 0 Å². The fraction of sp³-hybridized carbons (Fsp3) is 0.409. The van der Waals surface area contributed by atoms with Gasteiger partial charge in [-0.2, -0.15) is 4.98 Å². The molecular weight excluding hydrogens is 400 g/mol. The van der Waals surface area contributed by atoms with E-state index < -0.39 is 0 Å². The lowest BCUT2D eigenvalue weighted by molar-refractivity contribution is 0.144. The van der Waals surface area contributed by atoms with Crippen molar-refractivity contribution in [3.8, 4) is 28.8 Å². The highest BCUT2D eigenvalue weighted by molar-refractivity contribution is 5.55. The number of rotatable bonds is 8. The third-order valence-electron chi connectivity index (χ3n) is 5.44. The summed E-state index contributed by atoms with van der Waals surface area (Å²) in [6.45, 7) is 2.97. The van der Waals surface area contributed by atoms with Gasteiger partial charge in [-0.15, -0.1) is 0 Å². The predicted molar refractivity (Wildman–Crippen MR) is 110 cm³/mol. The maximum Gasteiger partial charge on any atom is 0.244 e. The second kappa shape index (κ2) is 8.91. The summed E-state index contributed by atoms with van der Waals surface area (Å²) in [7, 11) is 1.63. The normalized spacial score (nSPS) is 17.9. The van der Waals surface area contributed by atoms with Gasteiger partial charge in [-0.05, 0) is 43.1 Å². The minimum Gasteiger partial charge on any atom is -0.475 e. The molecule has 1 aromatic carbocycles. The third-order valence-corrected chi connectivity index (χ3v) is 5.44. The highest BCUT2D eigenvalue weighted by Crippen LogP contribution is 2.36. The Balaban J connectivity index is 1.29. The number of pyridine rings is 1. The molecule has 0 radical (unpaired) electrons. The molecule has 2 aliphatic rings. The third kappa shape index (κ3) is 4.33. The summed E-state index contributed by atoms with van der Waals surface area (Å²) in [6.07, 6.45) is 3.74. The van der Waals surface area contributed by atoms with Gasteiger partial charge in [0.1, 0.15) is 6.61 Å². The maximum atomic E-state index is 5.65. The molecule has 0 saturated carbocycles. The lowest BCUT2D eigenvalue weighted by Gasteiger charge is -2.21. The second-order valence-corrected chi connectivity index (χ2v) is 7.50. The molecule has 1 fully saturated rings. The van der Waals surface area contributed by atoms with Crippen LogP contribution in [0.5, 0.6) is 17.4 Å². The van der Waals surface area contributed by atoms with E-state index in [1.807, 2.05) is 24.3 Å². The molecule has 3 aromatic rings. The summed E-state index contributed by atoms with van der Waals surface area (Å²) in [4.78, 5) is 11.3. The summed E-state index contributed by atoms with van der Waals surface area (Å²) in [5.41, 5.74) is 1.97. The Morgan fingerprint density at radius 1 is 1.13 bits per heavy atom. The molecule has 0 amide bonds. The molecule has 1 saturated heterocycles. The van der Waals surface area contributed by atoms with E-state index in [1.165, 1.54) is 5.56 Å². The first-order valence-electron chi connectivity index (χ1n) is 10.3. The lowest BCUT2D eigenvalue weighted by atomic mass is 10.1. The number of likely N-dealkylation sites (tertiary alicyclic amines) is 1. The van der Waals surface area contributed by atoms with Crippen LogP contribution in [0.3, 0.4) is 0 Å². The molecule has 0 aliphatic carbocycles. The molecular formula is C22H24N4O5. The number of methoxy groups -OCH3 is 1. The van der Waals surface area contributed by atoms with Gasteiger partial charge in [-0.25, -0.2) is 4.98 Å². The molecule has 2 aliphatic heterocycles. The zero-order valence-electron chi connectivity index (χ0n) is 17.3. The van der Waals surface area contributed by atoms with E-state index in [-0.39, 0.29) is 12.8 Å². The van der Waals surface area contributed by atoms with Gasteiger partial charge in [0.2, 0.25) is 24.4 Å². The monoisotopic (exact) mass is 424 g/mol. The van der Waals surface area contributed by atoms with Crippen LogP contribution in [-0.2, 0) is 11.3 Å². The van der Waals surface area contributed by atoms with Crippen molar-refractivity contribution in [3.63, 3.8) is 0 Å². The topological polar surface area (TPSA) is 92.0 Å². The van der Waals surface area contributed by atoms with Crippen molar-refractivity contribution in [2.24, 2.45) is 0 Å². The van der Waals surface area contributed by atoms with E-state index in [9.17, 15) is 0 Å². The zero-order chi connectivity index (χ0) is 21.0. The Labute approximate surface area is 179 Å². The van der Waals surface area contributed by atoms with E-state index in [0.717, 1.165) is 43.0 Å². The van der Waals surface area contributed by atoms with Crippen LogP contribution in [0.4, 0.5) is 0 Å². The highest BCUT2D eigenvalue weighted by Gasteiger charge is 2.31. The molecule has 5 rings (SSSR count). The van der Waals surface area contributed by atoms with Crippen LogP contribution in [0.2, 0.25) is 0 Å². The number of hydrogen-bond acceptors (Lipinski definition) is 9. The van der Waals surface area contributed by atoms with E-state index >= 15 is 0 Å². The van der Waals surface area contributed by atoms with Crippen LogP contribution >= 0.6 is 0 Å². The SMILES string of the molecule is COCCOc1cc(-c2noc([C@H]3CCCN3Cc3ccc4c(c3)OCO4)n2)ccn1. The minimum atomic E-state index is 0.0888. The molecule has 9 heteroatoms. The standard InChI is InChI=1S/C22H24N4O5/c1-27-9-10-28-20-12-16(6-7-23-20)21-24-22(31-25-21)17-3-2-8-26(17)13-15-4-5-18-19(11-15)30-14-29-18/h4-7,11-12,17H,2-3,8-10,13-14H2,1H3/t17-/m1/s1. The van der Waals surface area contributed by atoms with Crippen molar-refractivity contribution in [3.05, 3.63) is 48.0 Å². The van der Waals surface area contributed by atoms with Gasteiger partial charge in [0, 0.05) is 31.5 Å². The number of aromatic nitrogens is 3. The zero-order valence-corrected chi connectivity index (χ0v) is 17.3. The number of ether oxygens (including phenoxy) is 4. The summed E-state index contributed by atoms with van der Waals surface area (Å²) in [5, 5.41) is 4.20. The van der Waals surface area contributed by atoms with Crippen molar-refractivity contribution in [2.45, 2.75) is 25.4 Å². The largest absolute Gasteiger partial charge is 0.475 e. The number of nitrogens with zero attached hydrogens (tertiary/aromatic N) is 4. The van der Waals surface area contributed by atoms with Crippen molar-refractivity contribution >= 4 is 0 Å². The van der Waals surface area contributed by atoms with E-state index in [2.05, 4.69) is 26.1 Å². The fourth-order valence-corrected chi connectivity index (χ4v) is 3.91. The molecule has 2 aromatic heterocycles. The van der Waals surface area contributed by atoms with Gasteiger partial charge in [-0.1, -0.05) is 11.2 Å². The predicted octanol–water partition coefficient (Wildman–Crippen LogP) is 3.22. The van der Waals surface area contributed by atoms with Crippen molar-refractivity contribution in [1.29, 1.82) is 0 Å². The summed E-state index contributed by atoms with van der Waals surface area (Å²) in [6, 6.07) is 9.82. The average molecular weight is 424 g/mol. The van der Waals surface area contributed by atoms with Crippen molar-refractivity contribution in [2.75, 3.05) is 33.7 Å². The molecule has 0 bridgehead atoms. The summed E-state index contributed by atoms with van der Waals surface area (Å²) < 4.78 is 27.1. The summed E-state index contributed by atoms with van der Waals surface area (Å²) >= 11 is 0. The molecule has 0 N–H and O–H groups in total. The lowest BCUT2D eigenvalue weighted by Crippen LogP contribution is -2.23. The van der Waals surface area contributed by atoms with Crippen molar-refractivity contribution in [1.82, 2.24) is 20.0 Å². The van der Waals surface area contributed by atoms with Crippen LogP contribution < -0.4 is 14.2 Å². The van der Waals surface area contributed by atoms with Gasteiger partial charge in [0.05, 0.1) is 12.6 Å². The first-order chi connectivity index (χ1) is 15.3. The number of hydrogen-bond donors (Lipinski definition) is 0. The first-order valence-corrected chi connectivity index (χ1v) is 10.3. The van der Waals surface area contributed by atoms with Crippen LogP contribution in [0.1, 0.15) is 30.3 Å². The molecule has 31 heavy (non-hydrogen) atoms. The Morgan fingerprint density at radius 3 is 3.00 bits per heavy atom. The Morgan fingerprint density at radius 2 is 2.06 bits per heavy atom. The second-order valence-electron chi connectivity index (χ2n) is 7.50. The molecule has 0 spiro atoms. The average Bonchev–Trinajstić information content (AvgIpc) is 3.54. The minimum absolute atomic E-state index is 0.0888. The van der Waals surface area contributed by atoms with Crippen LogP contribution in [-0.4, -0.2) is 53.7 Å². The maximum absolute atomic E-state index is 5.65. The van der Waals surface area contributed by atoms with Gasteiger partial charge >= 0.3 is 0 Å². The first kappa shape index (κ1) is 19.8. The van der Waals surface area contributed by atoms with Crippen LogP contribution in [0, 0.1) is 0 Å². The van der Waals surface area contributed by atoms with Gasteiger partial charge in [-0.3, -0.25) is 4.90 Å². The van der Waals surface area contributed by atoms with Crippen LogP contribution in [0.25, 0.3) is 11.4 Å². The van der Waals surface area contributed by atoms with E-state index in [4.69, 9.17) is 23.5 Å². The van der Waals surface area contributed by atoms with E-state index in [1.54, 1.807) is 13.3 Å². The Kier molecular flexibility index (Phi) is 5.68. The Hall–Kier alpha value is -3.17. The smallest absolute Gasteiger partial charge is 0.244 e. The molecule has 162 valence electrons. The van der Waals surface area contributed by atoms with E-state index in [0.29, 0.717) is 30.8 Å². The molecule has 9 nitrogen and oxygen atoms in total. The molecule has 0 unspecified atom stereocenters. The van der Waals surface area contributed by atoms with Gasteiger partial charge in [0.15, 0.2) is 11.5 Å². The van der Waals surface area contributed by atoms with Crippen molar-refractivity contribution < 1.29 is 23.5 Å². The van der Waals surface area contributed by atoms with Gasteiger partial charge < -0.3 is 23.5 Å². The number of benzene rings is 1. The molecule has 4 heterocycles. The highest BCUT2D eigenvalue weighted by atomic mass is 16.7. The quantitative estimate of drug-likeness (QED) is 0.505. The molecule has 1 atom stereocenters. The number of fused-ring (bicyclic) bond motifs is 1. The Bertz CT molecular complexity index is 1040.